The number of aryl methyl sites for hydroxylation is 1. The van der Waals surface area contributed by atoms with Gasteiger partial charge in [-0.05, 0) is 49.1 Å². The lowest BCUT2D eigenvalue weighted by molar-refractivity contribution is -0.122. The molecule has 0 aliphatic rings. The molecule has 6 nitrogen and oxygen atoms in total. The average molecular weight is 371 g/mol. The summed E-state index contributed by atoms with van der Waals surface area (Å²) in [6, 6.07) is 15.9. The maximum absolute atomic E-state index is 12.5. The molecule has 3 N–H and O–H groups in total. The first-order valence-corrected chi connectivity index (χ1v) is 9.77. The Hall–Kier alpha value is -2.64. The largest absolute Gasteiger partial charge is 0.348 e. The van der Waals surface area contributed by atoms with E-state index in [0.29, 0.717) is 0 Å². The number of carbonyl (C=O) groups excluding carboxylic acids is 1. The summed E-state index contributed by atoms with van der Waals surface area (Å²) in [5.41, 5.74) is 2.84. The third kappa shape index (κ3) is 3.79. The molecule has 1 amide bonds. The summed E-state index contributed by atoms with van der Waals surface area (Å²) >= 11 is 0. The van der Waals surface area contributed by atoms with Gasteiger partial charge in [0.05, 0.1) is 10.9 Å². The highest BCUT2D eigenvalue weighted by Gasteiger charge is 2.14. The molecule has 0 fully saturated rings. The van der Waals surface area contributed by atoms with Crippen molar-refractivity contribution >= 4 is 26.8 Å². The van der Waals surface area contributed by atoms with Crippen LogP contribution in [0.25, 0.3) is 10.9 Å². The van der Waals surface area contributed by atoms with Crippen molar-refractivity contribution in [3.8, 4) is 0 Å². The molecule has 3 aromatic rings. The predicted octanol–water partition coefficient (Wildman–Crippen LogP) is 2.47. The molecular formula is C19H21N3O3S. The van der Waals surface area contributed by atoms with Crippen LogP contribution in [-0.2, 0) is 21.4 Å². The van der Waals surface area contributed by atoms with E-state index in [9.17, 15) is 13.2 Å². The maximum Gasteiger partial charge on any atom is 0.240 e. The summed E-state index contributed by atoms with van der Waals surface area (Å²) in [4.78, 5) is 12.5. The van der Waals surface area contributed by atoms with E-state index in [1.165, 1.54) is 12.1 Å². The number of nitrogens with two attached hydrogens (primary N) is 1. The van der Waals surface area contributed by atoms with Gasteiger partial charge < -0.3 is 9.88 Å². The van der Waals surface area contributed by atoms with Crippen LogP contribution in [0.1, 0.15) is 24.2 Å². The van der Waals surface area contributed by atoms with Gasteiger partial charge >= 0.3 is 0 Å². The molecule has 136 valence electrons. The summed E-state index contributed by atoms with van der Waals surface area (Å²) in [6.07, 6.45) is 0. The fourth-order valence-corrected chi connectivity index (χ4v) is 3.53. The van der Waals surface area contributed by atoms with Crippen molar-refractivity contribution in [1.82, 2.24) is 9.88 Å². The predicted molar refractivity (Wildman–Crippen MR) is 101 cm³/mol. The van der Waals surface area contributed by atoms with Crippen molar-refractivity contribution in [2.24, 2.45) is 5.14 Å². The van der Waals surface area contributed by atoms with Gasteiger partial charge in [-0.15, -0.1) is 0 Å². The van der Waals surface area contributed by atoms with Gasteiger partial charge in [0.25, 0.3) is 0 Å². The van der Waals surface area contributed by atoms with Crippen LogP contribution in [0, 0.1) is 6.92 Å². The molecule has 7 heteroatoms. The third-order valence-corrected chi connectivity index (χ3v) is 5.33. The summed E-state index contributed by atoms with van der Waals surface area (Å²) in [5.74, 6) is -0.113. The average Bonchev–Trinajstić information content (AvgIpc) is 2.90. The molecule has 0 saturated carbocycles. The van der Waals surface area contributed by atoms with Crippen LogP contribution < -0.4 is 10.5 Å². The fourth-order valence-electron chi connectivity index (χ4n) is 3.02. The van der Waals surface area contributed by atoms with E-state index in [4.69, 9.17) is 5.14 Å². The number of hydrogen-bond acceptors (Lipinski definition) is 3. The molecule has 0 radical (unpaired) electrons. The fraction of sp³-hybridized carbons (Fsp3) is 0.211. The van der Waals surface area contributed by atoms with Crippen molar-refractivity contribution in [1.29, 1.82) is 0 Å². The lowest BCUT2D eigenvalue weighted by atomic mass is 10.1. The minimum atomic E-state index is -3.72. The van der Waals surface area contributed by atoms with Crippen LogP contribution >= 0.6 is 0 Å². The molecule has 3 rings (SSSR count). The van der Waals surface area contributed by atoms with Gasteiger partial charge in [-0.2, -0.15) is 0 Å². The molecule has 0 spiro atoms. The van der Waals surface area contributed by atoms with Crippen LogP contribution in [0.15, 0.2) is 59.5 Å². The van der Waals surface area contributed by atoms with Gasteiger partial charge in [0.15, 0.2) is 0 Å². The standard InChI is InChI=1S/C19H21N3O3S/c1-13-11-16-5-3-4-6-18(16)22(13)12-19(23)21-14(2)15-7-9-17(10-8-15)26(20,24)25/h3-11,14H,12H2,1-2H3,(H,21,23)(H2,20,24,25). The molecule has 1 heterocycles. The van der Waals surface area contributed by atoms with Crippen molar-refractivity contribution < 1.29 is 13.2 Å². The smallest absolute Gasteiger partial charge is 0.240 e. The molecule has 1 aromatic heterocycles. The molecule has 1 unspecified atom stereocenters. The van der Waals surface area contributed by atoms with Gasteiger partial charge in [0.1, 0.15) is 6.54 Å². The number of aromatic nitrogens is 1. The zero-order valence-corrected chi connectivity index (χ0v) is 15.5. The zero-order valence-electron chi connectivity index (χ0n) is 14.6. The number of hydrogen-bond donors (Lipinski definition) is 2. The van der Waals surface area contributed by atoms with Crippen molar-refractivity contribution in [2.75, 3.05) is 0 Å². The van der Waals surface area contributed by atoms with Gasteiger partial charge in [-0.3, -0.25) is 4.79 Å². The quantitative estimate of drug-likeness (QED) is 0.721. The van der Waals surface area contributed by atoms with Crippen molar-refractivity contribution in [3.63, 3.8) is 0 Å². The summed E-state index contributed by atoms with van der Waals surface area (Å²) in [6.45, 7) is 4.05. The second kappa shape index (κ2) is 6.93. The number of rotatable bonds is 5. The van der Waals surface area contributed by atoms with Crippen LogP contribution in [0.5, 0.6) is 0 Å². The molecule has 0 bridgehead atoms. The number of benzene rings is 2. The molecule has 0 aliphatic heterocycles. The summed E-state index contributed by atoms with van der Waals surface area (Å²) in [7, 11) is -3.72. The Morgan fingerprint density at radius 2 is 1.81 bits per heavy atom. The van der Waals surface area contributed by atoms with E-state index in [1.54, 1.807) is 12.1 Å². The van der Waals surface area contributed by atoms with E-state index in [2.05, 4.69) is 11.4 Å². The lowest BCUT2D eigenvalue weighted by Gasteiger charge is -2.16. The number of sulfonamides is 1. The van der Waals surface area contributed by atoms with Crippen molar-refractivity contribution in [2.45, 2.75) is 31.3 Å². The normalized spacial score (nSPS) is 12.9. The second-order valence-electron chi connectivity index (χ2n) is 6.33. The highest BCUT2D eigenvalue weighted by molar-refractivity contribution is 7.89. The van der Waals surface area contributed by atoms with E-state index in [1.807, 2.05) is 42.7 Å². The Kier molecular flexibility index (Phi) is 4.84. The monoisotopic (exact) mass is 371 g/mol. The molecular weight excluding hydrogens is 350 g/mol. The number of primary sulfonamides is 1. The number of nitrogens with one attached hydrogen (secondary N) is 1. The van der Waals surface area contributed by atoms with Crippen molar-refractivity contribution in [3.05, 3.63) is 65.9 Å². The molecule has 0 saturated heterocycles. The highest BCUT2D eigenvalue weighted by atomic mass is 32.2. The Bertz CT molecular complexity index is 1050. The Labute approximate surface area is 152 Å². The second-order valence-corrected chi connectivity index (χ2v) is 7.90. The molecule has 2 aromatic carbocycles. The maximum atomic E-state index is 12.5. The van der Waals surface area contributed by atoms with E-state index < -0.39 is 10.0 Å². The topological polar surface area (TPSA) is 94.2 Å². The Balaban J connectivity index is 1.72. The summed E-state index contributed by atoms with van der Waals surface area (Å²) in [5, 5.41) is 9.14. The first-order chi connectivity index (χ1) is 12.3. The SMILES string of the molecule is Cc1cc2ccccc2n1CC(=O)NC(C)c1ccc(S(N)(=O)=O)cc1. The Morgan fingerprint density at radius 3 is 2.46 bits per heavy atom. The van der Waals surface area contributed by atoms with Gasteiger partial charge in [-0.1, -0.05) is 30.3 Å². The zero-order chi connectivity index (χ0) is 18.9. The number of carbonyl (C=O) groups is 1. The molecule has 26 heavy (non-hydrogen) atoms. The van der Waals surface area contributed by atoms with Crippen LogP contribution in [0.2, 0.25) is 0 Å². The summed E-state index contributed by atoms with van der Waals surface area (Å²) < 4.78 is 24.6. The van der Waals surface area contributed by atoms with Gasteiger partial charge in [0, 0.05) is 11.2 Å². The minimum absolute atomic E-state index is 0.0502. The molecule has 0 aliphatic carbocycles. The van der Waals surface area contributed by atoms with E-state index in [-0.39, 0.29) is 23.4 Å². The number of para-hydroxylation sites is 1. The van der Waals surface area contributed by atoms with E-state index >= 15 is 0 Å². The van der Waals surface area contributed by atoms with Crippen LogP contribution in [0.3, 0.4) is 0 Å². The van der Waals surface area contributed by atoms with Crippen LogP contribution in [-0.4, -0.2) is 18.9 Å². The number of amides is 1. The number of nitrogens with zero attached hydrogens (tertiary/aromatic N) is 1. The minimum Gasteiger partial charge on any atom is -0.348 e. The first-order valence-electron chi connectivity index (χ1n) is 8.23. The third-order valence-electron chi connectivity index (χ3n) is 4.41. The molecule has 1 atom stereocenters. The van der Waals surface area contributed by atoms with Gasteiger partial charge in [-0.25, -0.2) is 13.6 Å². The number of fused-ring (bicyclic) bond motifs is 1. The first kappa shape index (κ1) is 18.2. The van der Waals surface area contributed by atoms with Crippen LogP contribution in [0.4, 0.5) is 0 Å². The highest BCUT2D eigenvalue weighted by Crippen LogP contribution is 2.20. The lowest BCUT2D eigenvalue weighted by Crippen LogP contribution is -2.30. The van der Waals surface area contributed by atoms with Gasteiger partial charge in [0.2, 0.25) is 15.9 Å². The Morgan fingerprint density at radius 1 is 1.15 bits per heavy atom. The van der Waals surface area contributed by atoms with E-state index in [0.717, 1.165) is 22.2 Å².